The highest BCUT2D eigenvalue weighted by Crippen LogP contribution is 2.20. The van der Waals surface area contributed by atoms with E-state index < -0.39 is 11.7 Å². The number of H-pyrrole nitrogens is 1. The fourth-order valence-corrected chi connectivity index (χ4v) is 1.61. The number of benzene rings is 1. The molecule has 5 nitrogen and oxygen atoms in total. The molecule has 0 unspecified atom stereocenters. The van der Waals surface area contributed by atoms with E-state index in [0.29, 0.717) is 5.69 Å². The van der Waals surface area contributed by atoms with Gasteiger partial charge in [-0.1, -0.05) is 29.8 Å². The third kappa shape index (κ3) is 2.29. The zero-order valence-corrected chi connectivity index (χ0v) is 10.1. The van der Waals surface area contributed by atoms with Gasteiger partial charge < -0.3 is 9.72 Å². The maximum absolute atomic E-state index is 11.6. The average Bonchev–Trinajstić information content (AvgIpc) is 2.38. The van der Waals surface area contributed by atoms with Crippen LogP contribution >= 0.6 is 0 Å². The number of hydrogen-bond acceptors (Lipinski definition) is 4. The number of aromatic amines is 1. The van der Waals surface area contributed by atoms with Crippen LogP contribution in [0.5, 0.6) is 0 Å². The van der Waals surface area contributed by atoms with Crippen LogP contribution in [0.15, 0.2) is 35.3 Å². The van der Waals surface area contributed by atoms with E-state index in [0.717, 1.165) is 11.1 Å². The smallest absolute Gasteiger partial charge is 0.345 e. The van der Waals surface area contributed by atoms with Crippen LogP contribution in [-0.4, -0.2) is 23.0 Å². The van der Waals surface area contributed by atoms with Crippen molar-refractivity contribution in [2.24, 2.45) is 0 Å². The molecule has 92 valence electrons. The first kappa shape index (κ1) is 12.0. The SMILES string of the molecule is COC(=O)c1cnc(=O)[nH]c1-c1ccc(C)cc1. The average molecular weight is 244 g/mol. The van der Waals surface area contributed by atoms with Gasteiger partial charge in [-0.05, 0) is 12.5 Å². The Morgan fingerprint density at radius 1 is 1.28 bits per heavy atom. The van der Waals surface area contributed by atoms with Gasteiger partial charge in [0.2, 0.25) is 0 Å². The molecule has 0 aliphatic rings. The van der Waals surface area contributed by atoms with Crippen LogP contribution < -0.4 is 5.69 Å². The van der Waals surface area contributed by atoms with Gasteiger partial charge in [0, 0.05) is 6.20 Å². The Morgan fingerprint density at radius 2 is 1.94 bits per heavy atom. The van der Waals surface area contributed by atoms with Crippen molar-refractivity contribution in [2.75, 3.05) is 7.11 Å². The number of esters is 1. The number of ether oxygens (including phenoxy) is 1. The van der Waals surface area contributed by atoms with Gasteiger partial charge >= 0.3 is 11.7 Å². The van der Waals surface area contributed by atoms with Crippen molar-refractivity contribution >= 4 is 5.97 Å². The van der Waals surface area contributed by atoms with Crippen LogP contribution in [0.4, 0.5) is 0 Å². The molecule has 0 aliphatic carbocycles. The number of carbonyl (C=O) groups is 1. The Hall–Kier alpha value is -2.43. The Bertz CT molecular complexity index is 629. The third-order valence-electron chi connectivity index (χ3n) is 2.56. The predicted octanol–water partition coefficient (Wildman–Crippen LogP) is 1.53. The molecule has 1 heterocycles. The maximum Gasteiger partial charge on any atom is 0.345 e. The Labute approximate surface area is 103 Å². The number of nitrogens with one attached hydrogen (secondary N) is 1. The standard InChI is InChI=1S/C13H12N2O3/c1-8-3-5-9(6-4-8)11-10(12(16)18-2)7-14-13(17)15-11/h3-7H,1-2H3,(H,14,15,17). The topological polar surface area (TPSA) is 72.0 Å². The van der Waals surface area contributed by atoms with E-state index in [1.807, 2.05) is 31.2 Å². The molecule has 0 fully saturated rings. The lowest BCUT2D eigenvalue weighted by Gasteiger charge is -2.07. The van der Waals surface area contributed by atoms with Crippen LogP contribution in [0.2, 0.25) is 0 Å². The number of aromatic nitrogens is 2. The number of nitrogens with zero attached hydrogens (tertiary/aromatic N) is 1. The maximum atomic E-state index is 11.6. The lowest BCUT2D eigenvalue weighted by molar-refractivity contribution is 0.0600. The first-order chi connectivity index (χ1) is 8.61. The van der Waals surface area contributed by atoms with Gasteiger partial charge in [-0.15, -0.1) is 0 Å². The van der Waals surface area contributed by atoms with Gasteiger partial charge in [-0.25, -0.2) is 14.6 Å². The molecule has 18 heavy (non-hydrogen) atoms. The second kappa shape index (κ2) is 4.83. The summed E-state index contributed by atoms with van der Waals surface area (Å²) in [6.45, 7) is 1.96. The molecule has 0 radical (unpaired) electrons. The van der Waals surface area contributed by atoms with E-state index in [-0.39, 0.29) is 5.56 Å². The Balaban J connectivity index is 2.61. The van der Waals surface area contributed by atoms with Crippen LogP contribution in [0.25, 0.3) is 11.3 Å². The second-order valence-corrected chi connectivity index (χ2v) is 3.83. The monoisotopic (exact) mass is 244 g/mol. The lowest BCUT2D eigenvalue weighted by Crippen LogP contribution is -2.15. The summed E-state index contributed by atoms with van der Waals surface area (Å²) < 4.78 is 4.66. The predicted molar refractivity (Wildman–Crippen MR) is 66.4 cm³/mol. The number of aryl methyl sites for hydroxylation is 1. The van der Waals surface area contributed by atoms with Crippen molar-refractivity contribution in [2.45, 2.75) is 6.92 Å². The summed E-state index contributed by atoms with van der Waals surface area (Å²) >= 11 is 0. The van der Waals surface area contributed by atoms with E-state index in [4.69, 9.17) is 0 Å². The number of rotatable bonds is 2. The molecule has 2 rings (SSSR count). The van der Waals surface area contributed by atoms with E-state index >= 15 is 0 Å². The first-order valence-electron chi connectivity index (χ1n) is 5.36. The van der Waals surface area contributed by atoms with Crippen molar-refractivity contribution in [3.63, 3.8) is 0 Å². The molecular weight excluding hydrogens is 232 g/mol. The van der Waals surface area contributed by atoms with Crippen molar-refractivity contribution in [3.05, 3.63) is 52.1 Å². The van der Waals surface area contributed by atoms with Crippen molar-refractivity contribution in [1.29, 1.82) is 0 Å². The van der Waals surface area contributed by atoms with Gasteiger partial charge in [-0.2, -0.15) is 0 Å². The zero-order chi connectivity index (χ0) is 13.1. The van der Waals surface area contributed by atoms with Gasteiger partial charge in [0.15, 0.2) is 0 Å². The third-order valence-corrected chi connectivity index (χ3v) is 2.56. The van der Waals surface area contributed by atoms with Crippen molar-refractivity contribution in [1.82, 2.24) is 9.97 Å². The summed E-state index contributed by atoms with van der Waals surface area (Å²) in [5.74, 6) is -0.533. The summed E-state index contributed by atoms with van der Waals surface area (Å²) in [5, 5.41) is 0. The molecule has 0 saturated heterocycles. The second-order valence-electron chi connectivity index (χ2n) is 3.83. The number of hydrogen-bond donors (Lipinski definition) is 1. The van der Waals surface area contributed by atoms with Crippen molar-refractivity contribution in [3.8, 4) is 11.3 Å². The molecule has 0 spiro atoms. The van der Waals surface area contributed by atoms with Crippen molar-refractivity contribution < 1.29 is 9.53 Å². The Kier molecular flexibility index (Phi) is 3.23. The molecule has 0 saturated carbocycles. The van der Waals surface area contributed by atoms with Crippen LogP contribution in [0.3, 0.4) is 0 Å². The molecular formula is C13H12N2O3. The van der Waals surface area contributed by atoms with Gasteiger partial charge in [0.1, 0.15) is 5.56 Å². The summed E-state index contributed by atoms with van der Waals surface area (Å²) in [5.41, 5.74) is 1.98. The van der Waals surface area contributed by atoms with E-state index in [1.165, 1.54) is 13.3 Å². The molecule has 0 aliphatic heterocycles. The van der Waals surface area contributed by atoms with E-state index in [9.17, 15) is 9.59 Å². The van der Waals surface area contributed by atoms with Gasteiger partial charge in [-0.3, -0.25) is 0 Å². The zero-order valence-electron chi connectivity index (χ0n) is 10.1. The van der Waals surface area contributed by atoms with Crippen LogP contribution in [0.1, 0.15) is 15.9 Å². The highest BCUT2D eigenvalue weighted by molar-refractivity contribution is 5.95. The fourth-order valence-electron chi connectivity index (χ4n) is 1.61. The number of carbonyl (C=O) groups excluding carboxylic acids is 1. The molecule has 5 heteroatoms. The van der Waals surface area contributed by atoms with Gasteiger partial charge in [0.25, 0.3) is 0 Å². The highest BCUT2D eigenvalue weighted by Gasteiger charge is 2.14. The molecule has 1 N–H and O–H groups in total. The lowest BCUT2D eigenvalue weighted by atomic mass is 10.1. The molecule has 1 aromatic carbocycles. The summed E-state index contributed by atoms with van der Waals surface area (Å²) in [7, 11) is 1.28. The first-order valence-corrected chi connectivity index (χ1v) is 5.36. The molecule has 1 aromatic heterocycles. The molecule has 0 amide bonds. The molecule has 0 bridgehead atoms. The largest absolute Gasteiger partial charge is 0.465 e. The molecule has 0 atom stereocenters. The minimum absolute atomic E-state index is 0.237. The number of methoxy groups -OCH3 is 1. The van der Waals surface area contributed by atoms with Crippen LogP contribution in [0, 0.1) is 6.92 Å². The van der Waals surface area contributed by atoms with Gasteiger partial charge in [0.05, 0.1) is 12.8 Å². The minimum atomic E-state index is -0.533. The highest BCUT2D eigenvalue weighted by atomic mass is 16.5. The normalized spacial score (nSPS) is 10.1. The summed E-state index contributed by atoms with van der Waals surface area (Å²) in [6.07, 6.45) is 1.22. The minimum Gasteiger partial charge on any atom is -0.465 e. The van der Waals surface area contributed by atoms with E-state index in [2.05, 4.69) is 14.7 Å². The molecule has 2 aromatic rings. The summed E-state index contributed by atoms with van der Waals surface area (Å²) in [6, 6.07) is 7.45. The summed E-state index contributed by atoms with van der Waals surface area (Å²) in [4.78, 5) is 29.0. The quantitative estimate of drug-likeness (QED) is 0.813. The fraction of sp³-hybridized carbons (Fsp3) is 0.154. The van der Waals surface area contributed by atoms with Crippen LogP contribution in [-0.2, 0) is 4.74 Å². The Morgan fingerprint density at radius 3 is 2.56 bits per heavy atom. The van der Waals surface area contributed by atoms with E-state index in [1.54, 1.807) is 0 Å².